The molecule has 0 bridgehead atoms. The highest BCUT2D eigenvalue weighted by molar-refractivity contribution is 5.86. The molecule has 118 valence electrons. The molecule has 1 aromatic carbocycles. The summed E-state index contributed by atoms with van der Waals surface area (Å²) in [5.41, 5.74) is 0.577. The smallest absolute Gasteiger partial charge is 0.254 e. The van der Waals surface area contributed by atoms with Crippen LogP contribution in [-0.4, -0.2) is 54.5 Å². The number of hydrogen-bond acceptors (Lipinski definition) is 3. The first kappa shape index (κ1) is 15.0. The molecule has 2 aliphatic rings. The Morgan fingerprint density at radius 1 is 1.32 bits per heavy atom. The Bertz CT molecular complexity index is 587. The van der Waals surface area contributed by atoms with Gasteiger partial charge in [-0.15, -0.1) is 0 Å². The van der Waals surface area contributed by atoms with Gasteiger partial charge in [0.15, 0.2) is 6.10 Å². The number of likely N-dealkylation sites (tertiary alicyclic amines) is 1. The summed E-state index contributed by atoms with van der Waals surface area (Å²) in [5, 5.41) is 0. The molecule has 0 N–H and O–H groups in total. The van der Waals surface area contributed by atoms with Crippen LogP contribution in [0.2, 0.25) is 0 Å². The molecule has 0 aliphatic carbocycles. The van der Waals surface area contributed by atoms with Crippen LogP contribution in [0.5, 0.6) is 0 Å². The van der Waals surface area contributed by atoms with Gasteiger partial charge in [0.05, 0.1) is 6.04 Å². The minimum Gasteiger partial charge on any atom is -0.356 e. The fraction of sp³-hybridized carbons (Fsp3) is 0.500. The molecule has 2 fully saturated rings. The molecule has 5 nitrogen and oxygen atoms in total. The van der Waals surface area contributed by atoms with Gasteiger partial charge in [-0.3, -0.25) is 9.59 Å². The lowest BCUT2D eigenvalue weighted by Gasteiger charge is -2.39. The molecule has 2 aliphatic heterocycles. The van der Waals surface area contributed by atoms with Crippen LogP contribution in [-0.2, 0) is 14.3 Å². The second-order valence-electron chi connectivity index (χ2n) is 5.77. The van der Waals surface area contributed by atoms with E-state index in [0.29, 0.717) is 18.7 Å². The predicted molar refractivity (Wildman–Crippen MR) is 77.5 cm³/mol. The van der Waals surface area contributed by atoms with Crippen LogP contribution < -0.4 is 0 Å². The second-order valence-corrected chi connectivity index (χ2v) is 5.77. The average molecular weight is 306 g/mol. The summed E-state index contributed by atoms with van der Waals surface area (Å²) < 4.78 is 19.1. The third kappa shape index (κ3) is 2.70. The standard InChI is InChI=1S/C16H19FN2O3/c1-18-13(20)10-22-15(16(21)19-7-2-3-8-19)14(18)11-5-4-6-12(17)9-11/h4-6,9,14-15H,2-3,7-8,10H2,1H3. The maximum atomic E-state index is 13.5. The number of amides is 2. The summed E-state index contributed by atoms with van der Waals surface area (Å²) in [6, 6.07) is 5.40. The number of carbonyl (C=O) groups excluding carboxylic acids is 2. The van der Waals surface area contributed by atoms with E-state index in [9.17, 15) is 14.0 Å². The number of hydrogen-bond donors (Lipinski definition) is 0. The van der Waals surface area contributed by atoms with Gasteiger partial charge in [-0.05, 0) is 30.5 Å². The normalized spacial score (nSPS) is 25.6. The Balaban J connectivity index is 1.92. The van der Waals surface area contributed by atoms with Crippen LogP contribution in [0, 0.1) is 5.82 Å². The van der Waals surface area contributed by atoms with Crippen molar-refractivity contribution in [2.75, 3.05) is 26.7 Å². The number of ether oxygens (including phenoxy) is 1. The first-order valence-corrected chi connectivity index (χ1v) is 7.49. The van der Waals surface area contributed by atoms with Gasteiger partial charge in [0, 0.05) is 20.1 Å². The largest absolute Gasteiger partial charge is 0.356 e. The van der Waals surface area contributed by atoms with Crippen molar-refractivity contribution >= 4 is 11.8 Å². The number of benzene rings is 1. The number of likely N-dealkylation sites (N-methyl/N-ethyl adjacent to an activating group) is 1. The molecule has 0 saturated carbocycles. The number of rotatable bonds is 2. The molecule has 3 rings (SSSR count). The van der Waals surface area contributed by atoms with Crippen molar-refractivity contribution in [2.45, 2.75) is 25.0 Å². The molecule has 2 atom stereocenters. The van der Waals surface area contributed by atoms with Gasteiger partial charge < -0.3 is 14.5 Å². The van der Waals surface area contributed by atoms with E-state index < -0.39 is 18.0 Å². The Labute approximate surface area is 128 Å². The third-order valence-electron chi connectivity index (χ3n) is 4.34. The van der Waals surface area contributed by atoms with E-state index in [1.807, 2.05) is 0 Å². The maximum Gasteiger partial charge on any atom is 0.254 e. The molecule has 6 heteroatoms. The van der Waals surface area contributed by atoms with E-state index >= 15 is 0 Å². The summed E-state index contributed by atoms with van der Waals surface area (Å²) in [7, 11) is 1.63. The number of halogens is 1. The third-order valence-corrected chi connectivity index (χ3v) is 4.34. The topological polar surface area (TPSA) is 49.9 Å². The zero-order chi connectivity index (χ0) is 15.7. The molecule has 0 spiro atoms. The number of carbonyl (C=O) groups is 2. The van der Waals surface area contributed by atoms with E-state index in [-0.39, 0.29) is 18.4 Å². The number of morpholine rings is 1. The molecule has 2 amide bonds. The molecule has 2 saturated heterocycles. The summed E-state index contributed by atoms with van der Waals surface area (Å²) in [6.45, 7) is 1.31. The molecular formula is C16H19FN2O3. The van der Waals surface area contributed by atoms with Gasteiger partial charge in [0.2, 0.25) is 5.91 Å². The lowest BCUT2D eigenvalue weighted by atomic mass is 9.97. The molecular weight excluding hydrogens is 287 g/mol. The Morgan fingerprint density at radius 2 is 2.05 bits per heavy atom. The van der Waals surface area contributed by atoms with Crippen molar-refractivity contribution in [3.8, 4) is 0 Å². The maximum absolute atomic E-state index is 13.5. The summed E-state index contributed by atoms with van der Waals surface area (Å²) in [6.07, 6.45) is 1.19. The Morgan fingerprint density at radius 3 is 2.73 bits per heavy atom. The van der Waals surface area contributed by atoms with E-state index in [2.05, 4.69) is 0 Å². The fourth-order valence-corrected chi connectivity index (χ4v) is 3.13. The average Bonchev–Trinajstić information content (AvgIpc) is 3.03. The molecule has 0 radical (unpaired) electrons. The summed E-state index contributed by atoms with van der Waals surface area (Å²) in [5.74, 6) is -0.720. The van der Waals surface area contributed by atoms with Crippen molar-refractivity contribution in [1.29, 1.82) is 0 Å². The zero-order valence-electron chi connectivity index (χ0n) is 12.5. The van der Waals surface area contributed by atoms with Gasteiger partial charge in [-0.1, -0.05) is 12.1 Å². The first-order valence-electron chi connectivity index (χ1n) is 7.49. The van der Waals surface area contributed by atoms with Gasteiger partial charge >= 0.3 is 0 Å². The summed E-state index contributed by atoms with van der Waals surface area (Å²) in [4.78, 5) is 27.9. The minimum absolute atomic E-state index is 0.118. The van der Waals surface area contributed by atoms with Crippen molar-refractivity contribution in [2.24, 2.45) is 0 Å². The quantitative estimate of drug-likeness (QED) is 0.828. The van der Waals surface area contributed by atoms with Crippen LogP contribution in [0.1, 0.15) is 24.4 Å². The van der Waals surface area contributed by atoms with Crippen LogP contribution in [0.15, 0.2) is 24.3 Å². The van der Waals surface area contributed by atoms with Gasteiger partial charge in [-0.2, -0.15) is 0 Å². The minimum atomic E-state index is -0.775. The van der Waals surface area contributed by atoms with E-state index in [0.717, 1.165) is 12.8 Å². The lowest BCUT2D eigenvalue weighted by molar-refractivity contribution is -0.166. The van der Waals surface area contributed by atoms with Gasteiger partial charge in [-0.25, -0.2) is 4.39 Å². The Kier molecular flexibility index (Phi) is 4.11. The van der Waals surface area contributed by atoms with E-state index in [1.54, 1.807) is 24.1 Å². The van der Waals surface area contributed by atoms with Crippen molar-refractivity contribution in [1.82, 2.24) is 9.80 Å². The Hall–Kier alpha value is -1.95. The number of nitrogens with zero attached hydrogens (tertiary/aromatic N) is 2. The van der Waals surface area contributed by atoms with Crippen molar-refractivity contribution < 1.29 is 18.7 Å². The van der Waals surface area contributed by atoms with Crippen LogP contribution in [0.4, 0.5) is 4.39 Å². The summed E-state index contributed by atoms with van der Waals surface area (Å²) >= 11 is 0. The van der Waals surface area contributed by atoms with Crippen LogP contribution in [0.3, 0.4) is 0 Å². The molecule has 2 heterocycles. The second kappa shape index (κ2) is 6.04. The molecule has 2 unspecified atom stereocenters. The van der Waals surface area contributed by atoms with Crippen LogP contribution in [0.25, 0.3) is 0 Å². The highest BCUT2D eigenvalue weighted by Crippen LogP contribution is 2.31. The predicted octanol–water partition coefficient (Wildman–Crippen LogP) is 1.35. The van der Waals surface area contributed by atoms with Gasteiger partial charge in [0.1, 0.15) is 12.4 Å². The fourth-order valence-electron chi connectivity index (χ4n) is 3.13. The highest BCUT2D eigenvalue weighted by atomic mass is 19.1. The van der Waals surface area contributed by atoms with E-state index in [4.69, 9.17) is 4.74 Å². The van der Waals surface area contributed by atoms with Gasteiger partial charge in [0.25, 0.3) is 5.91 Å². The lowest BCUT2D eigenvalue weighted by Crippen LogP contribution is -2.53. The first-order chi connectivity index (χ1) is 10.6. The van der Waals surface area contributed by atoms with E-state index in [1.165, 1.54) is 17.0 Å². The molecule has 1 aromatic rings. The molecule has 0 aromatic heterocycles. The monoisotopic (exact) mass is 306 g/mol. The van der Waals surface area contributed by atoms with Crippen molar-refractivity contribution in [3.63, 3.8) is 0 Å². The zero-order valence-corrected chi connectivity index (χ0v) is 12.5. The van der Waals surface area contributed by atoms with Crippen molar-refractivity contribution in [3.05, 3.63) is 35.6 Å². The van der Waals surface area contributed by atoms with Crippen LogP contribution >= 0.6 is 0 Å². The highest BCUT2D eigenvalue weighted by Gasteiger charge is 2.42. The SMILES string of the molecule is CN1C(=O)COC(C(=O)N2CCCC2)C1c1cccc(F)c1. The molecule has 22 heavy (non-hydrogen) atoms.